The highest BCUT2D eigenvalue weighted by Crippen LogP contribution is 2.23. The van der Waals surface area contributed by atoms with Crippen molar-refractivity contribution in [2.45, 2.75) is 96.4 Å². The van der Waals surface area contributed by atoms with E-state index in [-0.39, 0.29) is 37.6 Å². The zero-order chi connectivity index (χ0) is 22.7. The summed E-state index contributed by atoms with van der Waals surface area (Å²) in [7, 11) is 0. The maximum atomic E-state index is 9.80. The second kappa shape index (κ2) is 18.3. The molecule has 2 unspecified atom stereocenters. The molecule has 0 aromatic carbocycles. The van der Waals surface area contributed by atoms with Crippen LogP contribution in [0.25, 0.3) is 0 Å². The van der Waals surface area contributed by atoms with Gasteiger partial charge in [-0.05, 0) is 72.1 Å². The van der Waals surface area contributed by atoms with Gasteiger partial charge in [-0.15, -0.1) is 0 Å². The van der Waals surface area contributed by atoms with Crippen LogP contribution in [-0.2, 0) is 18.9 Å². The third-order valence-electron chi connectivity index (χ3n) is 5.23. The molecule has 0 bridgehead atoms. The first-order valence-electron chi connectivity index (χ1n) is 11.6. The maximum absolute atomic E-state index is 9.80. The largest absolute Gasteiger partial charge is 0.396 e. The summed E-state index contributed by atoms with van der Waals surface area (Å²) in [4.78, 5) is 0. The van der Waals surface area contributed by atoms with Gasteiger partial charge in [0.25, 0.3) is 0 Å². The van der Waals surface area contributed by atoms with E-state index in [0.717, 1.165) is 51.4 Å². The average molecular weight is 437 g/mol. The zero-order valence-electron chi connectivity index (χ0n) is 19.9. The molecule has 0 heterocycles. The molecule has 30 heavy (non-hydrogen) atoms. The molecule has 0 aliphatic heterocycles. The topological polar surface area (TPSA) is 97.6 Å². The summed E-state index contributed by atoms with van der Waals surface area (Å²) in [6.07, 6.45) is 6.11. The number of rotatable bonds is 22. The summed E-state index contributed by atoms with van der Waals surface area (Å²) in [6, 6.07) is 0. The van der Waals surface area contributed by atoms with E-state index in [1.54, 1.807) is 0 Å². The molecule has 0 aliphatic rings. The predicted molar refractivity (Wildman–Crippen MR) is 119 cm³/mol. The smallest absolute Gasteiger partial charge is 0.101 e. The molecule has 7 heteroatoms. The van der Waals surface area contributed by atoms with Crippen LogP contribution in [0.1, 0.15) is 79.1 Å². The lowest BCUT2D eigenvalue weighted by Gasteiger charge is -2.30. The summed E-state index contributed by atoms with van der Waals surface area (Å²) in [5.41, 5.74) is -0.362. The minimum absolute atomic E-state index is 0.166. The fraction of sp³-hybridized carbons (Fsp3) is 1.00. The second-order valence-electron chi connectivity index (χ2n) is 8.78. The van der Waals surface area contributed by atoms with Crippen molar-refractivity contribution in [1.82, 2.24) is 0 Å². The number of hydrogen-bond acceptors (Lipinski definition) is 7. The molecular formula is C23H48O7. The molecule has 3 N–H and O–H groups in total. The van der Waals surface area contributed by atoms with E-state index >= 15 is 0 Å². The van der Waals surface area contributed by atoms with Gasteiger partial charge in [-0.2, -0.15) is 0 Å². The van der Waals surface area contributed by atoms with Gasteiger partial charge < -0.3 is 34.3 Å². The number of unbranched alkanes of at least 4 members (excludes halogenated alkanes) is 1. The Morgan fingerprint density at radius 3 is 1.90 bits per heavy atom. The monoisotopic (exact) mass is 436 g/mol. The van der Waals surface area contributed by atoms with Crippen molar-refractivity contribution in [3.05, 3.63) is 0 Å². The minimum Gasteiger partial charge on any atom is -0.396 e. The van der Waals surface area contributed by atoms with Crippen LogP contribution < -0.4 is 0 Å². The molecule has 7 nitrogen and oxygen atoms in total. The highest BCUT2D eigenvalue weighted by molar-refractivity contribution is 4.74. The summed E-state index contributed by atoms with van der Waals surface area (Å²) >= 11 is 0. The molecule has 0 rings (SSSR count). The Morgan fingerprint density at radius 1 is 0.700 bits per heavy atom. The van der Waals surface area contributed by atoms with Gasteiger partial charge >= 0.3 is 0 Å². The quantitative estimate of drug-likeness (QED) is 0.224. The summed E-state index contributed by atoms with van der Waals surface area (Å²) in [5, 5.41) is 27.4. The van der Waals surface area contributed by atoms with Gasteiger partial charge in [0, 0.05) is 39.6 Å². The molecule has 0 spiro atoms. The molecule has 182 valence electrons. The standard InChI is InChI=1S/C23H48O7/c1-5-23(4,12-9-17-29-22(2,3)11-8-14-25)30-18-10-16-28-20-21(26)19-27-15-7-6-13-24/h21,24-26H,5-20H2,1-4H3. The molecule has 0 aromatic heterocycles. The number of ether oxygens (including phenoxy) is 4. The van der Waals surface area contributed by atoms with Crippen molar-refractivity contribution >= 4 is 0 Å². The van der Waals surface area contributed by atoms with E-state index in [1.165, 1.54) is 0 Å². The van der Waals surface area contributed by atoms with Crippen LogP contribution in [0.15, 0.2) is 0 Å². The van der Waals surface area contributed by atoms with Crippen molar-refractivity contribution in [2.24, 2.45) is 0 Å². The lowest BCUT2D eigenvalue weighted by atomic mass is 9.96. The van der Waals surface area contributed by atoms with E-state index in [1.807, 2.05) is 0 Å². The first-order valence-corrected chi connectivity index (χ1v) is 11.6. The molecular weight excluding hydrogens is 388 g/mol. The minimum atomic E-state index is -0.623. The van der Waals surface area contributed by atoms with Crippen molar-refractivity contribution in [3.8, 4) is 0 Å². The van der Waals surface area contributed by atoms with E-state index in [2.05, 4.69) is 27.7 Å². The Kier molecular flexibility index (Phi) is 18.1. The first-order chi connectivity index (χ1) is 14.3. The van der Waals surface area contributed by atoms with Gasteiger partial charge in [0.15, 0.2) is 0 Å². The Labute approximate surface area is 184 Å². The fourth-order valence-electron chi connectivity index (χ4n) is 3.00. The van der Waals surface area contributed by atoms with Gasteiger partial charge in [0.2, 0.25) is 0 Å². The molecule has 0 saturated heterocycles. The molecule has 0 aliphatic carbocycles. The third-order valence-corrected chi connectivity index (χ3v) is 5.23. The lowest BCUT2D eigenvalue weighted by molar-refractivity contribution is -0.0684. The summed E-state index contributed by atoms with van der Waals surface area (Å²) < 4.78 is 22.9. The van der Waals surface area contributed by atoms with Crippen molar-refractivity contribution in [1.29, 1.82) is 0 Å². The van der Waals surface area contributed by atoms with E-state index in [4.69, 9.17) is 29.2 Å². The van der Waals surface area contributed by atoms with E-state index < -0.39 is 6.10 Å². The SMILES string of the molecule is CCC(C)(CCCOC(C)(C)CCCO)OCCCOCC(O)COCCCCO. The summed E-state index contributed by atoms with van der Waals surface area (Å²) in [6.45, 7) is 11.7. The molecule has 0 radical (unpaired) electrons. The van der Waals surface area contributed by atoms with E-state index in [9.17, 15) is 5.11 Å². The van der Waals surface area contributed by atoms with Crippen LogP contribution in [-0.4, -0.2) is 85.5 Å². The third kappa shape index (κ3) is 17.4. The van der Waals surface area contributed by atoms with E-state index in [0.29, 0.717) is 26.4 Å². The Hall–Kier alpha value is -0.280. The van der Waals surface area contributed by atoms with Crippen LogP contribution in [0.2, 0.25) is 0 Å². The zero-order valence-corrected chi connectivity index (χ0v) is 19.9. The van der Waals surface area contributed by atoms with Crippen LogP contribution in [0.3, 0.4) is 0 Å². The van der Waals surface area contributed by atoms with Gasteiger partial charge in [0.05, 0.1) is 24.4 Å². The molecule has 0 amide bonds. The van der Waals surface area contributed by atoms with Crippen LogP contribution in [0.4, 0.5) is 0 Å². The molecule has 0 saturated carbocycles. The average Bonchev–Trinajstić information content (AvgIpc) is 2.72. The van der Waals surface area contributed by atoms with Gasteiger partial charge in [0.1, 0.15) is 6.10 Å². The number of aliphatic hydroxyl groups is 3. The summed E-state index contributed by atoms with van der Waals surface area (Å²) in [5.74, 6) is 0. The van der Waals surface area contributed by atoms with Crippen LogP contribution in [0, 0.1) is 0 Å². The number of aliphatic hydroxyl groups excluding tert-OH is 3. The predicted octanol–water partition coefficient (Wildman–Crippen LogP) is 3.08. The Morgan fingerprint density at radius 2 is 1.30 bits per heavy atom. The van der Waals surface area contributed by atoms with Crippen molar-refractivity contribution in [2.75, 3.05) is 52.9 Å². The van der Waals surface area contributed by atoms with Crippen LogP contribution in [0.5, 0.6) is 0 Å². The van der Waals surface area contributed by atoms with Gasteiger partial charge in [-0.3, -0.25) is 0 Å². The fourth-order valence-corrected chi connectivity index (χ4v) is 3.00. The molecule has 2 atom stereocenters. The normalized spacial score (nSPS) is 15.3. The second-order valence-corrected chi connectivity index (χ2v) is 8.78. The lowest BCUT2D eigenvalue weighted by Crippen LogP contribution is -2.30. The van der Waals surface area contributed by atoms with Crippen molar-refractivity contribution < 1.29 is 34.3 Å². The van der Waals surface area contributed by atoms with Crippen LogP contribution >= 0.6 is 0 Å². The first kappa shape index (κ1) is 29.7. The Bertz CT molecular complexity index is 379. The molecule has 0 aromatic rings. The van der Waals surface area contributed by atoms with Crippen molar-refractivity contribution in [3.63, 3.8) is 0 Å². The maximum Gasteiger partial charge on any atom is 0.101 e. The highest BCUT2D eigenvalue weighted by Gasteiger charge is 2.23. The highest BCUT2D eigenvalue weighted by atomic mass is 16.5. The van der Waals surface area contributed by atoms with Gasteiger partial charge in [-0.1, -0.05) is 6.92 Å². The number of hydrogen-bond donors (Lipinski definition) is 3. The van der Waals surface area contributed by atoms with Gasteiger partial charge in [-0.25, -0.2) is 0 Å². The Balaban J connectivity index is 3.77. The molecule has 0 fully saturated rings.